The van der Waals surface area contributed by atoms with Crippen LogP contribution in [0.25, 0.3) is 5.82 Å². The van der Waals surface area contributed by atoms with Gasteiger partial charge in [0.25, 0.3) is 5.91 Å². The Labute approximate surface area is 240 Å². The highest BCUT2D eigenvalue weighted by atomic mass is 19.4. The highest BCUT2D eigenvalue weighted by molar-refractivity contribution is 6.05. The largest absolute Gasteiger partial charge is 0.416 e. The number of anilines is 5. The van der Waals surface area contributed by atoms with Crippen LogP contribution in [0.5, 0.6) is 0 Å². The number of hydrogen-bond donors (Lipinski definition) is 4. The van der Waals surface area contributed by atoms with Crippen LogP contribution in [0.15, 0.2) is 54.9 Å². The van der Waals surface area contributed by atoms with Crippen LogP contribution in [0.1, 0.15) is 40.0 Å². The maximum absolute atomic E-state index is 13.7. The number of aliphatic hydroxyl groups is 1. The van der Waals surface area contributed by atoms with E-state index < -0.39 is 23.8 Å². The van der Waals surface area contributed by atoms with Gasteiger partial charge in [-0.25, -0.2) is 9.97 Å². The van der Waals surface area contributed by atoms with E-state index in [1.807, 2.05) is 19.9 Å². The minimum Gasteiger partial charge on any atom is -0.393 e. The Bertz CT molecular complexity index is 1600. The van der Waals surface area contributed by atoms with Gasteiger partial charge < -0.3 is 26.0 Å². The van der Waals surface area contributed by atoms with Crippen molar-refractivity contribution < 1.29 is 23.1 Å². The van der Waals surface area contributed by atoms with Gasteiger partial charge in [0.1, 0.15) is 18.0 Å². The van der Waals surface area contributed by atoms with Crippen LogP contribution in [-0.4, -0.2) is 57.0 Å². The SMILES string of the molecule is CNc1cc(-n2nc(C)cc2Nc2cc(C(=O)Nc3cc(N4CCC(O)CC4)cc(C(F)(F)F)c3)ccc2C)ncn1. The van der Waals surface area contributed by atoms with Gasteiger partial charge in [-0.1, -0.05) is 6.07 Å². The number of piperidine rings is 1. The van der Waals surface area contributed by atoms with E-state index in [4.69, 9.17) is 0 Å². The normalized spacial score (nSPS) is 14.1. The van der Waals surface area contributed by atoms with Gasteiger partial charge >= 0.3 is 6.18 Å². The van der Waals surface area contributed by atoms with E-state index in [0.717, 1.165) is 23.4 Å². The van der Waals surface area contributed by atoms with Gasteiger partial charge in [0, 0.05) is 54.9 Å². The van der Waals surface area contributed by atoms with Crippen LogP contribution in [0.3, 0.4) is 0 Å². The zero-order chi connectivity index (χ0) is 30.0. The smallest absolute Gasteiger partial charge is 0.393 e. The summed E-state index contributed by atoms with van der Waals surface area (Å²) in [6.45, 7) is 4.55. The van der Waals surface area contributed by atoms with E-state index in [1.165, 1.54) is 12.4 Å². The molecule has 0 saturated carbocycles. The van der Waals surface area contributed by atoms with Gasteiger partial charge in [0.2, 0.25) is 0 Å². The lowest BCUT2D eigenvalue weighted by molar-refractivity contribution is -0.137. The van der Waals surface area contributed by atoms with E-state index in [9.17, 15) is 23.1 Å². The number of carbonyl (C=O) groups is 1. The third-order valence-electron chi connectivity index (χ3n) is 7.05. The molecule has 1 aliphatic heterocycles. The summed E-state index contributed by atoms with van der Waals surface area (Å²) >= 11 is 0. The highest BCUT2D eigenvalue weighted by Gasteiger charge is 2.32. The van der Waals surface area contributed by atoms with Crippen molar-refractivity contribution in [3.8, 4) is 5.82 Å². The molecule has 1 amide bonds. The first-order valence-corrected chi connectivity index (χ1v) is 13.4. The highest BCUT2D eigenvalue weighted by Crippen LogP contribution is 2.35. The minimum atomic E-state index is -4.59. The molecule has 10 nitrogen and oxygen atoms in total. The molecule has 3 heterocycles. The van der Waals surface area contributed by atoms with Gasteiger partial charge in [0.15, 0.2) is 5.82 Å². The Morgan fingerprint density at radius 1 is 1.02 bits per heavy atom. The van der Waals surface area contributed by atoms with E-state index in [-0.39, 0.29) is 11.3 Å². The van der Waals surface area contributed by atoms with Crippen molar-refractivity contribution in [2.75, 3.05) is 41.0 Å². The predicted molar refractivity (Wildman–Crippen MR) is 155 cm³/mol. The fourth-order valence-corrected chi connectivity index (χ4v) is 4.76. The summed E-state index contributed by atoms with van der Waals surface area (Å²) in [6, 6.07) is 12.1. The molecule has 0 aliphatic carbocycles. The molecule has 1 aliphatic rings. The topological polar surface area (TPSA) is 120 Å². The standard InChI is InChI=1S/C29H31F3N8O2/c1-17-4-5-19(11-24(17)37-27-10-18(2)38-40(27)26-15-25(33-3)34-16-35-26)28(42)36-21-12-20(29(30,31)32)13-22(14-21)39-8-6-23(41)7-9-39/h4-5,10-16,23,37,41H,6-9H2,1-3H3,(H,36,42)(H,33,34,35). The molecular weight excluding hydrogens is 549 g/mol. The fourth-order valence-electron chi connectivity index (χ4n) is 4.76. The number of nitrogens with zero attached hydrogens (tertiary/aromatic N) is 5. The van der Waals surface area contributed by atoms with Crippen LogP contribution in [0.4, 0.5) is 41.9 Å². The number of carbonyl (C=O) groups excluding carboxylic acids is 1. The first kappa shape index (κ1) is 28.9. The molecule has 42 heavy (non-hydrogen) atoms. The summed E-state index contributed by atoms with van der Waals surface area (Å²) in [5.41, 5.74) is 1.95. The minimum absolute atomic E-state index is 0.0313. The summed E-state index contributed by atoms with van der Waals surface area (Å²) in [5.74, 6) is 1.18. The molecule has 0 bridgehead atoms. The molecule has 2 aromatic carbocycles. The van der Waals surface area contributed by atoms with Crippen molar-refractivity contribution >= 4 is 34.6 Å². The van der Waals surface area contributed by atoms with Crippen molar-refractivity contribution in [2.45, 2.75) is 39.0 Å². The maximum atomic E-state index is 13.7. The van der Waals surface area contributed by atoms with E-state index in [2.05, 4.69) is 31.0 Å². The number of aliphatic hydroxyl groups excluding tert-OH is 1. The van der Waals surface area contributed by atoms with Crippen LogP contribution in [0, 0.1) is 13.8 Å². The number of alkyl halides is 3. The summed E-state index contributed by atoms with van der Waals surface area (Å²) in [6.07, 6.45) is -2.71. The van der Waals surface area contributed by atoms with E-state index in [0.29, 0.717) is 54.8 Å². The Balaban J connectivity index is 1.41. The number of halogens is 3. The van der Waals surface area contributed by atoms with Crippen molar-refractivity contribution in [2.24, 2.45) is 0 Å². The zero-order valence-corrected chi connectivity index (χ0v) is 23.3. The molecule has 5 rings (SSSR count). The average molecular weight is 581 g/mol. The number of aryl methyl sites for hydroxylation is 2. The molecule has 13 heteroatoms. The second kappa shape index (κ2) is 11.7. The maximum Gasteiger partial charge on any atom is 0.416 e. The van der Waals surface area contributed by atoms with Gasteiger partial charge in [0.05, 0.1) is 17.4 Å². The van der Waals surface area contributed by atoms with Crippen LogP contribution < -0.4 is 20.9 Å². The summed E-state index contributed by atoms with van der Waals surface area (Å²) < 4.78 is 42.8. The molecule has 0 spiro atoms. The lowest BCUT2D eigenvalue weighted by atomic mass is 10.1. The summed E-state index contributed by atoms with van der Waals surface area (Å²) in [5, 5.41) is 23.2. The first-order chi connectivity index (χ1) is 20.0. The van der Waals surface area contributed by atoms with E-state index >= 15 is 0 Å². The monoisotopic (exact) mass is 580 g/mol. The number of hydrogen-bond acceptors (Lipinski definition) is 8. The van der Waals surface area contributed by atoms with Gasteiger partial charge in [-0.15, -0.1) is 0 Å². The first-order valence-electron chi connectivity index (χ1n) is 13.4. The number of nitrogens with one attached hydrogen (secondary N) is 3. The second-order valence-corrected chi connectivity index (χ2v) is 10.2. The second-order valence-electron chi connectivity index (χ2n) is 10.2. The molecule has 4 aromatic rings. The molecule has 0 radical (unpaired) electrons. The molecule has 1 saturated heterocycles. The molecule has 4 N–H and O–H groups in total. The Kier molecular flexibility index (Phi) is 8.03. The molecule has 2 aromatic heterocycles. The third-order valence-corrected chi connectivity index (χ3v) is 7.05. The Morgan fingerprint density at radius 2 is 1.79 bits per heavy atom. The van der Waals surface area contributed by atoms with Crippen molar-refractivity contribution in [3.05, 3.63) is 77.2 Å². The van der Waals surface area contributed by atoms with Crippen LogP contribution in [0.2, 0.25) is 0 Å². The quantitative estimate of drug-likeness (QED) is 0.233. The average Bonchev–Trinajstić information content (AvgIpc) is 3.33. The zero-order valence-electron chi connectivity index (χ0n) is 23.3. The molecular formula is C29H31F3N8O2. The number of benzene rings is 2. The summed E-state index contributed by atoms with van der Waals surface area (Å²) in [4.78, 5) is 23.5. The molecule has 0 atom stereocenters. The lowest BCUT2D eigenvalue weighted by Crippen LogP contribution is -2.36. The van der Waals surface area contributed by atoms with Crippen molar-refractivity contribution in [3.63, 3.8) is 0 Å². The molecule has 1 fully saturated rings. The van der Waals surface area contributed by atoms with Crippen molar-refractivity contribution in [1.29, 1.82) is 0 Å². The molecule has 0 unspecified atom stereocenters. The number of amides is 1. The van der Waals surface area contributed by atoms with Gasteiger partial charge in [-0.3, -0.25) is 4.79 Å². The fraction of sp³-hybridized carbons (Fsp3) is 0.310. The van der Waals surface area contributed by atoms with Crippen LogP contribution >= 0.6 is 0 Å². The predicted octanol–water partition coefficient (Wildman–Crippen LogP) is 5.30. The van der Waals surface area contributed by atoms with Gasteiger partial charge in [-0.05, 0) is 62.6 Å². The number of rotatable bonds is 7. The summed E-state index contributed by atoms with van der Waals surface area (Å²) in [7, 11) is 1.75. The van der Waals surface area contributed by atoms with Gasteiger partial charge in [-0.2, -0.15) is 23.0 Å². The Morgan fingerprint density at radius 3 is 2.50 bits per heavy atom. The van der Waals surface area contributed by atoms with E-state index in [1.54, 1.807) is 40.9 Å². The third kappa shape index (κ3) is 6.46. The van der Waals surface area contributed by atoms with Crippen LogP contribution in [-0.2, 0) is 6.18 Å². The molecule has 220 valence electrons. The van der Waals surface area contributed by atoms with Crippen molar-refractivity contribution in [1.82, 2.24) is 19.7 Å². The Hall–Kier alpha value is -4.65. The lowest BCUT2D eigenvalue weighted by Gasteiger charge is -2.32. The number of aromatic nitrogens is 4.